The summed E-state index contributed by atoms with van der Waals surface area (Å²) in [7, 11) is 0. The second-order valence-corrected chi connectivity index (χ2v) is 4.10. The Morgan fingerprint density at radius 3 is 2.50 bits per heavy atom. The molecule has 0 spiro atoms. The van der Waals surface area contributed by atoms with Crippen molar-refractivity contribution >= 4 is 0 Å². The molecule has 1 aromatic heterocycles. The van der Waals surface area contributed by atoms with Crippen LogP contribution in [0.1, 0.15) is 16.7 Å². The Balaban J connectivity index is 2.41. The number of nitrogens with zero attached hydrogens (tertiary/aromatic N) is 2. The van der Waals surface area contributed by atoms with Crippen LogP contribution in [-0.2, 0) is 6.18 Å². The number of hydrogen-bond donors (Lipinski definition) is 0. The van der Waals surface area contributed by atoms with E-state index in [1.54, 1.807) is 19.1 Å². The van der Waals surface area contributed by atoms with E-state index >= 15 is 0 Å². The molecular weight excluding hydrogens is 269 g/mol. The van der Waals surface area contributed by atoms with E-state index in [-0.39, 0.29) is 17.2 Å². The number of alkyl halides is 3. The summed E-state index contributed by atoms with van der Waals surface area (Å²) in [5, 5.41) is 8.67. The Morgan fingerprint density at radius 2 is 1.95 bits per heavy atom. The number of nitriles is 1. The Bertz CT molecular complexity index is 658. The van der Waals surface area contributed by atoms with Crippen LogP contribution in [0.4, 0.5) is 13.2 Å². The Hall–Kier alpha value is -2.55. The zero-order chi connectivity index (χ0) is 14.8. The first-order valence-electron chi connectivity index (χ1n) is 5.62. The van der Waals surface area contributed by atoms with E-state index in [4.69, 9.17) is 10.00 Å². The zero-order valence-corrected chi connectivity index (χ0v) is 10.4. The van der Waals surface area contributed by atoms with Gasteiger partial charge in [-0.15, -0.1) is 0 Å². The molecule has 0 N–H and O–H groups in total. The average molecular weight is 278 g/mol. The first-order valence-corrected chi connectivity index (χ1v) is 5.62. The number of halogens is 3. The van der Waals surface area contributed by atoms with Crippen molar-refractivity contribution < 1.29 is 17.9 Å². The maximum Gasteiger partial charge on any atom is 0.420 e. The van der Waals surface area contributed by atoms with Gasteiger partial charge in [0.25, 0.3) is 0 Å². The second-order valence-electron chi connectivity index (χ2n) is 4.10. The highest BCUT2D eigenvalue weighted by Crippen LogP contribution is 2.38. The molecule has 20 heavy (non-hydrogen) atoms. The number of benzene rings is 1. The molecule has 0 amide bonds. The number of aromatic nitrogens is 1. The minimum Gasteiger partial charge on any atom is -0.438 e. The van der Waals surface area contributed by atoms with Crippen molar-refractivity contribution in [3.8, 4) is 17.7 Å². The fourth-order valence-electron chi connectivity index (χ4n) is 1.54. The Kier molecular flexibility index (Phi) is 3.61. The molecule has 1 aromatic carbocycles. The summed E-state index contributed by atoms with van der Waals surface area (Å²) in [6.45, 7) is 1.81. The van der Waals surface area contributed by atoms with E-state index < -0.39 is 11.7 Å². The Morgan fingerprint density at radius 1 is 1.20 bits per heavy atom. The molecule has 102 valence electrons. The van der Waals surface area contributed by atoms with Gasteiger partial charge >= 0.3 is 6.18 Å². The third-order valence-corrected chi connectivity index (χ3v) is 2.51. The number of rotatable bonds is 2. The van der Waals surface area contributed by atoms with E-state index in [2.05, 4.69) is 4.98 Å². The lowest BCUT2D eigenvalue weighted by Gasteiger charge is -2.13. The van der Waals surface area contributed by atoms with Crippen LogP contribution in [0.15, 0.2) is 36.5 Å². The van der Waals surface area contributed by atoms with Gasteiger partial charge in [0.2, 0.25) is 5.88 Å². The van der Waals surface area contributed by atoms with E-state index in [1.807, 2.05) is 0 Å². The first-order chi connectivity index (χ1) is 9.40. The van der Waals surface area contributed by atoms with Gasteiger partial charge in [-0.3, -0.25) is 0 Å². The fourth-order valence-corrected chi connectivity index (χ4v) is 1.54. The number of hydrogen-bond acceptors (Lipinski definition) is 3. The van der Waals surface area contributed by atoms with Crippen LogP contribution in [0.3, 0.4) is 0 Å². The summed E-state index contributed by atoms with van der Waals surface area (Å²) < 4.78 is 43.9. The molecule has 0 atom stereocenters. The number of aryl methyl sites for hydroxylation is 1. The van der Waals surface area contributed by atoms with E-state index in [0.29, 0.717) is 0 Å². The van der Waals surface area contributed by atoms with Gasteiger partial charge in [-0.05, 0) is 30.7 Å². The molecule has 0 saturated carbocycles. The molecule has 3 nitrogen and oxygen atoms in total. The molecule has 2 rings (SSSR count). The molecule has 2 aromatic rings. The maximum absolute atomic E-state index is 12.9. The van der Waals surface area contributed by atoms with E-state index in [1.165, 1.54) is 18.3 Å². The van der Waals surface area contributed by atoms with Gasteiger partial charge in [-0.2, -0.15) is 18.4 Å². The van der Waals surface area contributed by atoms with E-state index in [0.717, 1.165) is 17.7 Å². The maximum atomic E-state index is 12.9. The molecular formula is C14H9F3N2O. The van der Waals surface area contributed by atoms with Crippen molar-refractivity contribution in [3.05, 3.63) is 53.2 Å². The van der Waals surface area contributed by atoms with Gasteiger partial charge in [0, 0.05) is 12.3 Å². The van der Waals surface area contributed by atoms with Gasteiger partial charge in [-0.25, -0.2) is 4.98 Å². The summed E-state index contributed by atoms with van der Waals surface area (Å²) in [6.07, 6.45) is -3.11. The molecule has 0 saturated heterocycles. The predicted molar refractivity (Wildman–Crippen MR) is 65.2 cm³/mol. The minimum absolute atomic E-state index is 0.0609. The lowest BCUT2D eigenvalue weighted by molar-refractivity contribution is -0.138. The fraction of sp³-hybridized carbons (Fsp3) is 0.143. The highest BCUT2D eigenvalue weighted by atomic mass is 19.4. The minimum atomic E-state index is -4.60. The molecule has 0 fully saturated rings. The van der Waals surface area contributed by atoms with Crippen molar-refractivity contribution in [2.24, 2.45) is 0 Å². The van der Waals surface area contributed by atoms with Crippen LogP contribution in [0.2, 0.25) is 0 Å². The van der Waals surface area contributed by atoms with Gasteiger partial charge in [0.05, 0.1) is 17.2 Å². The monoisotopic (exact) mass is 278 g/mol. The van der Waals surface area contributed by atoms with E-state index in [9.17, 15) is 13.2 Å². The summed E-state index contributed by atoms with van der Waals surface area (Å²) in [5.74, 6) is -0.321. The second kappa shape index (κ2) is 5.21. The van der Waals surface area contributed by atoms with Gasteiger partial charge < -0.3 is 4.74 Å². The summed E-state index contributed by atoms with van der Waals surface area (Å²) in [5.41, 5.74) is -0.214. The third kappa shape index (κ3) is 3.06. The predicted octanol–water partition coefficient (Wildman–Crippen LogP) is 4.07. The van der Waals surface area contributed by atoms with Crippen LogP contribution >= 0.6 is 0 Å². The number of pyridine rings is 1. The van der Waals surface area contributed by atoms with Crippen molar-refractivity contribution in [1.82, 2.24) is 4.98 Å². The van der Waals surface area contributed by atoms with Gasteiger partial charge in [0.15, 0.2) is 0 Å². The highest BCUT2D eigenvalue weighted by Gasteiger charge is 2.35. The molecule has 6 heteroatoms. The van der Waals surface area contributed by atoms with Crippen molar-refractivity contribution in [1.29, 1.82) is 5.26 Å². The molecule has 0 aliphatic heterocycles. The highest BCUT2D eigenvalue weighted by molar-refractivity contribution is 5.45. The lowest BCUT2D eigenvalue weighted by Crippen LogP contribution is -2.07. The van der Waals surface area contributed by atoms with Crippen molar-refractivity contribution in [3.63, 3.8) is 0 Å². The molecule has 0 radical (unpaired) electrons. The van der Waals surface area contributed by atoms with Gasteiger partial charge in [0.1, 0.15) is 5.75 Å². The zero-order valence-electron chi connectivity index (χ0n) is 10.4. The van der Waals surface area contributed by atoms with Gasteiger partial charge in [-0.1, -0.05) is 6.07 Å². The quantitative estimate of drug-likeness (QED) is 0.831. The SMILES string of the molecule is Cc1ccc(Oc2ccc(C#N)cc2C(F)(F)F)nc1. The molecule has 1 heterocycles. The summed E-state index contributed by atoms with van der Waals surface area (Å²) in [4.78, 5) is 3.88. The molecule has 0 unspecified atom stereocenters. The normalized spacial score (nSPS) is 10.9. The molecule has 0 bridgehead atoms. The van der Waals surface area contributed by atoms with Crippen LogP contribution < -0.4 is 4.74 Å². The number of ether oxygens (including phenoxy) is 1. The smallest absolute Gasteiger partial charge is 0.420 e. The first kappa shape index (κ1) is 13.9. The average Bonchev–Trinajstić information content (AvgIpc) is 2.40. The van der Waals surface area contributed by atoms with Crippen molar-refractivity contribution in [2.45, 2.75) is 13.1 Å². The third-order valence-electron chi connectivity index (χ3n) is 2.51. The molecule has 0 aliphatic rings. The topological polar surface area (TPSA) is 45.9 Å². The summed E-state index contributed by atoms with van der Waals surface area (Å²) in [6, 6.07) is 7.96. The van der Waals surface area contributed by atoms with Crippen LogP contribution in [0, 0.1) is 18.3 Å². The Labute approximate surface area is 113 Å². The van der Waals surface area contributed by atoms with Crippen molar-refractivity contribution in [2.75, 3.05) is 0 Å². The lowest BCUT2D eigenvalue weighted by atomic mass is 10.1. The standard InChI is InChI=1S/C14H9F3N2O/c1-9-2-5-13(19-8-9)20-12-4-3-10(7-18)6-11(12)14(15,16)17/h2-6,8H,1H3. The molecule has 0 aliphatic carbocycles. The largest absolute Gasteiger partial charge is 0.438 e. The summed E-state index contributed by atoms with van der Waals surface area (Å²) >= 11 is 0. The van der Waals surface area contributed by atoms with Crippen LogP contribution in [0.5, 0.6) is 11.6 Å². The van der Waals surface area contributed by atoms with Crippen LogP contribution in [-0.4, -0.2) is 4.98 Å². The van der Waals surface area contributed by atoms with Crippen LogP contribution in [0.25, 0.3) is 0 Å².